The zero-order valence-corrected chi connectivity index (χ0v) is 11.7. The van der Waals surface area contributed by atoms with E-state index in [4.69, 9.17) is 10.00 Å². The topological polar surface area (TPSA) is 53.2 Å². The predicted molar refractivity (Wildman–Crippen MR) is 79.8 cm³/mol. The molecule has 3 heteroatoms. The van der Waals surface area contributed by atoms with Gasteiger partial charge in [-0.05, 0) is 60.2 Å². The van der Waals surface area contributed by atoms with Gasteiger partial charge in [0.1, 0.15) is 12.4 Å². The highest BCUT2D eigenvalue weighted by Gasteiger charge is 2.18. The van der Waals surface area contributed by atoms with Crippen molar-refractivity contribution in [3.63, 3.8) is 0 Å². The van der Waals surface area contributed by atoms with Crippen LogP contribution in [0.5, 0.6) is 5.75 Å². The molecule has 1 aliphatic carbocycles. The molecular weight excluding hydrogens is 262 g/mol. The lowest BCUT2D eigenvalue weighted by Gasteiger charge is -2.22. The summed E-state index contributed by atoms with van der Waals surface area (Å²) >= 11 is 0. The Hall–Kier alpha value is -2.31. The third kappa shape index (κ3) is 3.07. The monoisotopic (exact) mass is 279 g/mol. The first-order chi connectivity index (χ1) is 10.3. The number of nitriles is 1. The fourth-order valence-electron chi connectivity index (χ4n) is 2.74. The Morgan fingerprint density at radius 2 is 2.14 bits per heavy atom. The van der Waals surface area contributed by atoms with Gasteiger partial charge in [0, 0.05) is 0 Å². The maximum Gasteiger partial charge on any atom is 0.120 e. The van der Waals surface area contributed by atoms with Crippen LogP contribution in [-0.2, 0) is 13.0 Å². The van der Waals surface area contributed by atoms with Crippen molar-refractivity contribution in [2.24, 2.45) is 0 Å². The average molecular weight is 279 g/mol. The van der Waals surface area contributed by atoms with Crippen molar-refractivity contribution in [1.82, 2.24) is 0 Å². The molecule has 1 atom stereocenters. The van der Waals surface area contributed by atoms with E-state index in [2.05, 4.69) is 6.07 Å². The lowest BCUT2D eigenvalue weighted by molar-refractivity contribution is 0.156. The van der Waals surface area contributed by atoms with Crippen molar-refractivity contribution < 1.29 is 9.84 Å². The van der Waals surface area contributed by atoms with E-state index in [0.29, 0.717) is 12.2 Å². The van der Waals surface area contributed by atoms with E-state index >= 15 is 0 Å². The fourth-order valence-corrected chi connectivity index (χ4v) is 2.74. The highest BCUT2D eigenvalue weighted by Crippen LogP contribution is 2.32. The molecule has 21 heavy (non-hydrogen) atoms. The standard InChI is InChI=1S/C18H17NO2/c19-11-13-3-1-4-14(9-13)12-21-16-8-7-15-5-2-6-18(20)17(15)10-16/h1,3-4,7-10,18,20H,2,5-6,12H2/t18-/m0/s1. The molecule has 0 amide bonds. The summed E-state index contributed by atoms with van der Waals surface area (Å²) in [7, 11) is 0. The number of hydrogen-bond acceptors (Lipinski definition) is 3. The van der Waals surface area contributed by atoms with Crippen LogP contribution in [-0.4, -0.2) is 5.11 Å². The molecule has 0 bridgehead atoms. The second-order valence-corrected chi connectivity index (χ2v) is 5.37. The third-order valence-electron chi connectivity index (χ3n) is 3.86. The van der Waals surface area contributed by atoms with Crippen molar-refractivity contribution in [2.75, 3.05) is 0 Å². The normalized spacial score (nSPS) is 16.9. The Morgan fingerprint density at radius 1 is 1.24 bits per heavy atom. The number of benzene rings is 2. The Kier molecular flexibility index (Phi) is 3.89. The second-order valence-electron chi connectivity index (χ2n) is 5.37. The number of hydrogen-bond donors (Lipinski definition) is 1. The van der Waals surface area contributed by atoms with Gasteiger partial charge in [-0.2, -0.15) is 5.26 Å². The van der Waals surface area contributed by atoms with Crippen LogP contribution in [0.15, 0.2) is 42.5 Å². The highest BCUT2D eigenvalue weighted by atomic mass is 16.5. The van der Waals surface area contributed by atoms with E-state index in [-0.39, 0.29) is 6.10 Å². The summed E-state index contributed by atoms with van der Waals surface area (Å²) in [4.78, 5) is 0. The van der Waals surface area contributed by atoms with Gasteiger partial charge in [0.2, 0.25) is 0 Å². The zero-order chi connectivity index (χ0) is 14.7. The van der Waals surface area contributed by atoms with E-state index in [1.54, 1.807) is 6.07 Å². The van der Waals surface area contributed by atoms with Crippen LogP contribution in [0.25, 0.3) is 0 Å². The number of aliphatic hydroxyl groups excluding tert-OH is 1. The molecule has 1 N–H and O–H groups in total. The van der Waals surface area contributed by atoms with E-state index < -0.39 is 0 Å². The van der Waals surface area contributed by atoms with Crippen molar-refractivity contribution in [1.29, 1.82) is 5.26 Å². The van der Waals surface area contributed by atoms with Crippen LogP contribution in [0.3, 0.4) is 0 Å². The number of aryl methyl sites for hydroxylation is 1. The summed E-state index contributed by atoms with van der Waals surface area (Å²) in [5, 5.41) is 18.9. The first-order valence-corrected chi connectivity index (χ1v) is 7.19. The van der Waals surface area contributed by atoms with Gasteiger partial charge < -0.3 is 9.84 Å². The van der Waals surface area contributed by atoms with Crippen molar-refractivity contribution in [2.45, 2.75) is 32.0 Å². The van der Waals surface area contributed by atoms with Crippen molar-refractivity contribution in [3.8, 4) is 11.8 Å². The fraction of sp³-hybridized carbons (Fsp3) is 0.278. The minimum atomic E-state index is -0.376. The van der Waals surface area contributed by atoms with Crippen LogP contribution in [0.1, 0.15) is 41.2 Å². The summed E-state index contributed by atoms with van der Waals surface area (Å²) in [5.41, 5.74) is 3.81. The maximum absolute atomic E-state index is 10.0. The quantitative estimate of drug-likeness (QED) is 0.935. The molecule has 0 radical (unpaired) electrons. The molecule has 0 aliphatic heterocycles. The minimum absolute atomic E-state index is 0.376. The molecule has 0 saturated carbocycles. The molecule has 3 nitrogen and oxygen atoms in total. The van der Waals surface area contributed by atoms with Crippen LogP contribution >= 0.6 is 0 Å². The molecule has 2 aromatic carbocycles. The van der Waals surface area contributed by atoms with Gasteiger partial charge >= 0.3 is 0 Å². The lowest BCUT2D eigenvalue weighted by Crippen LogP contribution is -2.09. The van der Waals surface area contributed by atoms with Crippen LogP contribution in [0, 0.1) is 11.3 Å². The molecular formula is C18H17NO2. The van der Waals surface area contributed by atoms with Gasteiger partial charge in [-0.1, -0.05) is 18.2 Å². The largest absolute Gasteiger partial charge is 0.489 e. The molecule has 0 spiro atoms. The van der Waals surface area contributed by atoms with Gasteiger partial charge in [0.05, 0.1) is 17.7 Å². The number of nitrogens with zero attached hydrogens (tertiary/aromatic N) is 1. The van der Waals surface area contributed by atoms with Crippen LogP contribution in [0.4, 0.5) is 0 Å². The van der Waals surface area contributed by atoms with Crippen molar-refractivity contribution >= 4 is 0 Å². The number of fused-ring (bicyclic) bond motifs is 1. The summed E-state index contributed by atoms with van der Waals surface area (Å²) < 4.78 is 5.79. The van der Waals surface area contributed by atoms with Gasteiger partial charge in [-0.15, -0.1) is 0 Å². The smallest absolute Gasteiger partial charge is 0.120 e. The molecule has 106 valence electrons. The van der Waals surface area contributed by atoms with Gasteiger partial charge in [-0.3, -0.25) is 0 Å². The summed E-state index contributed by atoms with van der Waals surface area (Å²) in [6.07, 6.45) is 2.51. The lowest BCUT2D eigenvalue weighted by atomic mass is 9.89. The van der Waals surface area contributed by atoms with Gasteiger partial charge in [0.15, 0.2) is 0 Å². The Balaban J connectivity index is 1.73. The molecule has 3 rings (SSSR count). The molecule has 2 aromatic rings. The molecule has 0 unspecified atom stereocenters. The Morgan fingerprint density at radius 3 is 3.00 bits per heavy atom. The first-order valence-electron chi connectivity index (χ1n) is 7.19. The zero-order valence-electron chi connectivity index (χ0n) is 11.7. The number of aliphatic hydroxyl groups is 1. The molecule has 1 aliphatic rings. The second kappa shape index (κ2) is 5.99. The summed E-state index contributed by atoms with van der Waals surface area (Å²) in [5.74, 6) is 0.761. The van der Waals surface area contributed by atoms with E-state index in [1.165, 1.54) is 5.56 Å². The third-order valence-corrected chi connectivity index (χ3v) is 3.86. The Bertz CT molecular complexity index is 688. The van der Waals surface area contributed by atoms with Crippen LogP contribution < -0.4 is 4.74 Å². The maximum atomic E-state index is 10.0. The van der Waals surface area contributed by atoms with E-state index in [1.807, 2.05) is 36.4 Å². The van der Waals surface area contributed by atoms with E-state index in [0.717, 1.165) is 36.1 Å². The van der Waals surface area contributed by atoms with Crippen LogP contribution in [0.2, 0.25) is 0 Å². The number of rotatable bonds is 3. The predicted octanol–water partition coefficient (Wildman–Crippen LogP) is 3.51. The van der Waals surface area contributed by atoms with E-state index in [9.17, 15) is 5.11 Å². The molecule has 0 fully saturated rings. The average Bonchev–Trinajstić information content (AvgIpc) is 2.54. The first kappa shape index (κ1) is 13.7. The SMILES string of the molecule is N#Cc1cccc(COc2ccc3c(c2)[C@@H](O)CCC3)c1. The highest BCUT2D eigenvalue weighted by molar-refractivity contribution is 5.39. The summed E-state index contributed by atoms with van der Waals surface area (Å²) in [6.45, 7) is 0.421. The van der Waals surface area contributed by atoms with Gasteiger partial charge in [0.25, 0.3) is 0 Å². The van der Waals surface area contributed by atoms with Crippen molar-refractivity contribution in [3.05, 3.63) is 64.7 Å². The number of ether oxygens (including phenoxy) is 1. The molecule has 0 heterocycles. The summed E-state index contributed by atoms with van der Waals surface area (Å²) in [6, 6.07) is 15.4. The molecule has 0 aromatic heterocycles. The Labute approximate surface area is 124 Å². The molecule has 0 saturated heterocycles. The van der Waals surface area contributed by atoms with Gasteiger partial charge in [-0.25, -0.2) is 0 Å². The minimum Gasteiger partial charge on any atom is -0.489 e.